The van der Waals surface area contributed by atoms with Crippen LogP contribution in [0, 0.1) is 11.8 Å². The molecule has 0 aromatic carbocycles. The molecule has 2 nitrogen and oxygen atoms in total. The number of carbonyl (C=O) groups is 1. The van der Waals surface area contributed by atoms with Crippen molar-refractivity contribution in [3.63, 3.8) is 0 Å². The first-order valence-electron chi connectivity index (χ1n) is 4.68. The van der Waals surface area contributed by atoms with Gasteiger partial charge in [0, 0.05) is 5.92 Å². The largest absolute Gasteiger partial charge is 0.462 e. The van der Waals surface area contributed by atoms with E-state index in [2.05, 4.69) is 19.1 Å². The van der Waals surface area contributed by atoms with Crippen LogP contribution in [0.3, 0.4) is 0 Å². The highest BCUT2D eigenvalue weighted by Gasteiger charge is 2.43. The van der Waals surface area contributed by atoms with Crippen molar-refractivity contribution in [2.24, 2.45) is 11.8 Å². The number of hydrogen-bond donors (Lipinski definition) is 0. The van der Waals surface area contributed by atoms with E-state index < -0.39 is 0 Å². The van der Waals surface area contributed by atoms with Gasteiger partial charge in [-0.05, 0) is 19.3 Å². The van der Waals surface area contributed by atoms with Gasteiger partial charge in [0.15, 0.2) is 0 Å². The van der Waals surface area contributed by atoms with Gasteiger partial charge in [-0.25, -0.2) is 0 Å². The van der Waals surface area contributed by atoms with Crippen molar-refractivity contribution in [3.8, 4) is 0 Å². The topological polar surface area (TPSA) is 26.3 Å². The van der Waals surface area contributed by atoms with Crippen LogP contribution in [0.5, 0.6) is 0 Å². The molecular formula is C10H14O2. The van der Waals surface area contributed by atoms with E-state index in [1.807, 2.05) is 0 Å². The van der Waals surface area contributed by atoms with Crippen LogP contribution in [0.15, 0.2) is 12.2 Å². The number of hydrogen-bond acceptors (Lipinski definition) is 2. The summed E-state index contributed by atoms with van der Waals surface area (Å²) in [5, 5.41) is 0. The molecule has 2 heteroatoms. The first kappa shape index (κ1) is 7.84. The fourth-order valence-electron chi connectivity index (χ4n) is 2.23. The maximum absolute atomic E-state index is 11.3. The molecule has 0 aromatic rings. The molecule has 2 rings (SSSR count). The molecule has 1 heterocycles. The van der Waals surface area contributed by atoms with Crippen molar-refractivity contribution in [1.29, 1.82) is 0 Å². The summed E-state index contributed by atoms with van der Waals surface area (Å²) in [7, 11) is 0. The lowest BCUT2D eigenvalue weighted by molar-refractivity contribution is -0.144. The van der Waals surface area contributed by atoms with Gasteiger partial charge in [-0.3, -0.25) is 4.79 Å². The van der Waals surface area contributed by atoms with E-state index in [0.29, 0.717) is 5.92 Å². The molecule has 0 aromatic heterocycles. The van der Waals surface area contributed by atoms with Crippen LogP contribution in [0.1, 0.15) is 26.2 Å². The van der Waals surface area contributed by atoms with Crippen LogP contribution in [0.4, 0.5) is 0 Å². The second-order valence-electron chi connectivity index (χ2n) is 3.60. The number of carbonyl (C=O) groups excluding carboxylic acids is 1. The molecule has 0 bridgehead atoms. The minimum atomic E-state index is 0.0243. The van der Waals surface area contributed by atoms with Crippen LogP contribution >= 0.6 is 0 Å². The third-order valence-corrected chi connectivity index (χ3v) is 2.93. The van der Waals surface area contributed by atoms with Gasteiger partial charge >= 0.3 is 5.97 Å². The van der Waals surface area contributed by atoms with Gasteiger partial charge in [-0.1, -0.05) is 19.1 Å². The fraction of sp³-hybridized carbons (Fsp3) is 0.700. The van der Waals surface area contributed by atoms with Crippen molar-refractivity contribution in [2.75, 3.05) is 0 Å². The molecule has 66 valence electrons. The predicted molar refractivity (Wildman–Crippen MR) is 45.5 cm³/mol. The van der Waals surface area contributed by atoms with E-state index in [1.54, 1.807) is 0 Å². The maximum Gasteiger partial charge on any atom is 0.309 e. The number of fused-ring (bicyclic) bond motifs is 1. The number of allylic oxidation sites excluding steroid dienone is 2. The average molecular weight is 166 g/mol. The normalized spacial score (nSPS) is 39.4. The first-order chi connectivity index (χ1) is 5.83. The van der Waals surface area contributed by atoms with Gasteiger partial charge in [0.25, 0.3) is 0 Å². The summed E-state index contributed by atoms with van der Waals surface area (Å²) >= 11 is 0. The summed E-state index contributed by atoms with van der Waals surface area (Å²) in [5.74, 6) is 0.656. The monoisotopic (exact) mass is 166 g/mol. The summed E-state index contributed by atoms with van der Waals surface area (Å²) < 4.78 is 5.28. The molecule has 1 aliphatic heterocycles. The third-order valence-electron chi connectivity index (χ3n) is 2.93. The summed E-state index contributed by atoms with van der Waals surface area (Å²) in [4.78, 5) is 11.3. The van der Waals surface area contributed by atoms with Crippen LogP contribution in [0.25, 0.3) is 0 Å². The van der Waals surface area contributed by atoms with E-state index in [9.17, 15) is 4.79 Å². The van der Waals surface area contributed by atoms with Gasteiger partial charge in [0.1, 0.15) is 6.10 Å². The highest BCUT2D eigenvalue weighted by molar-refractivity contribution is 5.75. The zero-order valence-corrected chi connectivity index (χ0v) is 7.32. The maximum atomic E-state index is 11.3. The van der Waals surface area contributed by atoms with Crippen molar-refractivity contribution >= 4 is 5.97 Å². The van der Waals surface area contributed by atoms with E-state index in [-0.39, 0.29) is 18.0 Å². The molecule has 1 aliphatic carbocycles. The zero-order valence-electron chi connectivity index (χ0n) is 7.32. The SMILES string of the molecule is CC[C@@H]1OC(=O)[C@H]2CC=CC[C@@H]12. The molecule has 1 saturated heterocycles. The Hall–Kier alpha value is -0.790. The Morgan fingerprint density at radius 2 is 2.25 bits per heavy atom. The summed E-state index contributed by atoms with van der Waals surface area (Å²) in [6.07, 6.45) is 7.33. The van der Waals surface area contributed by atoms with Crippen molar-refractivity contribution in [2.45, 2.75) is 32.3 Å². The molecule has 0 N–H and O–H groups in total. The van der Waals surface area contributed by atoms with Crippen molar-refractivity contribution in [1.82, 2.24) is 0 Å². The smallest absolute Gasteiger partial charge is 0.309 e. The first-order valence-corrected chi connectivity index (χ1v) is 4.68. The predicted octanol–water partition coefficient (Wildman–Crippen LogP) is 1.90. The number of cyclic esters (lactones) is 1. The van der Waals surface area contributed by atoms with Crippen LogP contribution in [0.2, 0.25) is 0 Å². The summed E-state index contributed by atoms with van der Waals surface area (Å²) in [6.45, 7) is 2.08. The second kappa shape index (κ2) is 2.92. The lowest BCUT2D eigenvalue weighted by Gasteiger charge is -2.20. The molecule has 0 amide bonds. The lowest BCUT2D eigenvalue weighted by atomic mass is 9.81. The van der Waals surface area contributed by atoms with E-state index >= 15 is 0 Å². The van der Waals surface area contributed by atoms with Crippen LogP contribution < -0.4 is 0 Å². The highest BCUT2D eigenvalue weighted by atomic mass is 16.6. The zero-order chi connectivity index (χ0) is 8.55. The Balaban J connectivity index is 2.17. The molecular weight excluding hydrogens is 152 g/mol. The number of esters is 1. The van der Waals surface area contributed by atoms with Crippen molar-refractivity contribution in [3.05, 3.63) is 12.2 Å². The van der Waals surface area contributed by atoms with Gasteiger partial charge in [-0.2, -0.15) is 0 Å². The van der Waals surface area contributed by atoms with E-state index in [1.165, 1.54) is 0 Å². The molecule has 2 aliphatic rings. The molecule has 0 spiro atoms. The molecule has 0 unspecified atom stereocenters. The van der Waals surface area contributed by atoms with Gasteiger partial charge in [0.05, 0.1) is 5.92 Å². The van der Waals surface area contributed by atoms with Gasteiger partial charge in [-0.15, -0.1) is 0 Å². The Labute approximate surface area is 72.6 Å². The fourth-order valence-corrected chi connectivity index (χ4v) is 2.23. The lowest BCUT2D eigenvalue weighted by Crippen LogP contribution is -2.21. The third kappa shape index (κ3) is 1.06. The average Bonchev–Trinajstić information content (AvgIpc) is 2.44. The summed E-state index contributed by atoms with van der Waals surface area (Å²) in [5.41, 5.74) is 0. The standard InChI is InChI=1S/C10H14O2/c1-2-9-7-5-3-4-6-8(7)10(11)12-9/h3-4,7-9H,2,5-6H2,1H3/t7-,8+,9+/m1/s1. The Morgan fingerprint density at radius 3 is 3.00 bits per heavy atom. The van der Waals surface area contributed by atoms with Gasteiger partial charge in [0.2, 0.25) is 0 Å². The highest BCUT2D eigenvalue weighted by Crippen LogP contribution is 2.37. The Kier molecular flexibility index (Phi) is 1.91. The minimum Gasteiger partial charge on any atom is -0.462 e. The van der Waals surface area contributed by atoms with Crippen LogP contribution in [-0.2, 0) is 9.53 Å². The van der Waals surface area contributed by atoms with Crippen molar-refractivity contribution < 1.29 is 9.53 Å². The summed E-state index contributed by atoms with van der Waals surface area (Å²) in [6, 6.07) is 0. The van der Waals surface area contributed by atoms with Gasteiger partial charge < -0.3 is 4.74 Å². The Morgan fingerprint density at radius 1 is 1.50 bits per heavy atom. The minimum absolute atomic E-state index is 0.0243. The van der Waals surface area contributed by atoms with E-state index in [0.717, 1.165) is 19.3 Å². The van der Waals surface area contributed by atoms with E-state index in [4.69, 9.17) is 4.74 Å². The van der Waals surface area contributed by atoms with Crippen LogP contribution in [-0.4, -0.2) is 12.1 Å². The molecule has 12 heavy (non-hydrogen) atoms. The second-order valence-corrected chi connectivity index (χ2v) is 3.60. The molecule has 0 saturated carbocycles. The molecule has 3 atom stereocenters. The number of ether oxygens (including phenoxy) is 1. The molecule has 0 radical (unpaired) electrons. The quantitative estimate of drug-likeness (QED) is 0.439. The number of rotatable bonds is 1. The Bertz CT molecular complexity index is 220. The molecule has 1 fully saturated rings.